The van der Waals surface area contributed by atoms with E-state index in [0.717, 1.165) is 18.4 Å². The molecule has 0 bridgehead atoms. The number of allylic oxidation sites excluding steroid dienone is 2. The number of ketones is 1. The summed E-state index contributed by atoms with van der Waals surface area (Å²) in [5.74, 6) is 0.246. The number of carbonyl (C=O) groups is 1. The summed E-state index contributed by atoms with van der Waals surface area (Å²) in [5, 5.41) is 25.6. The van der Waals surface area contributed by atoms with E-state index >= 15 is 0 Å². The van der Waals surface area contributed by atoms with Crippen LogP contribution in [0.1, 0.15) is 65.4 Å². The lowest BCUT2D eigenvalue weighted by molar-refractivity contribution is -0.221. The third kappa shape index (κ3) is 1.90. The van der Waals surface area contributed by atoms with Crippen LogP contribution in [0.15, 0.2) is 40.3 Å². The van der Waals surface area contributed by atoms with Gasteiger partial charge < -0.3 is 19.5 Å². The Bertz CT molecular complexity index is 1060. The van der Waals surface area contributed by atoms with Gasteiger partial charge in [-0.1, -0.05) is 45.9 Å². The average Bonchev–Trinajstić information content (AvgIpc) is 3.17. The molecule has 0 aromatic carbocycles. The van der Waals surface area contributed by atoms with Gasteiger partial charge in [-0.05, 0) is 54.2 Å². The summed E-state index contributed by atoms with van der Waals surface area (Å²) in [5.41, 5.74) is -0.573. The van der Waals surface area contributed by atoms with Gasteiger partial charge in [0.2, 0.25) is 0 Å². The highest BCUT2D eigenvalue weighted by Crippen LogP contribution is 2.81. The lowest BCUT2D eigenvalue weighted by Crippen LogP contribution is -2.69. The quantitative estimate of drug-likeness (QED) is 0.386. The fraction of sp³-hybridized carbons (Fsp3) is 0.692. The first-order chi connectivity index (χ1) is 15.0. The number of rotatable bonds is 1. The number of carbonyl (C=O) groups excluding carboxylic acids is 1. The minimum atomic E-state index is -0.614. The maximum Gasteiger partial charge on any atom is 0.161 e. The highest BCUT2D eigenvalue weighted by atomic mass is 16.6. The van der Waals surface area contributed by atoms with Gasteiger partial charge in [-0.2, -0.15) is 0 Å². The zero-order valence-electron chi connectivity index (χ0n) is 19.5. The Balaban J connectivity index is 1.53. The van der Waals surface area contributed by atoms with E-state index in [4.69, 9.17) is 9.15 Å². The van der Waals surface area contributed by atoms with Crippen molar-refractivity contribution in [1.82, 2.24) is 0 Å². The maximum absolute atomic E-state index is 12.8. The fourth-order valence-corrected chi connectivity index (χ4v) is 9.34. The van der Waals surface area contributed by atoms with Gasteiger partial charge in [-0.25, -0.2) is 0 Å². The van der Waals surface area contributed by atoms with Gasteiger partial charge >= 0.3 is 0 Å². The normalized spacial score (nSPS) is 54.0. The molecule has 5 aliphatic rings. The lowest BCUT2D eigenvalue weighted by atomic mass is 9.37. The van der Waals surface area contributed by atoms with Crippen LogP contribution in [0, 0.1) is 33.5 Å². The molecule has 32 heavy (non-hydrogen) atoms. The summed E-state index contributed by atoms with van der Waals surface area (Å²) in [7, 11) is 0. The van der Waals surface area contributed by atoms with Crippen LogP contribution >= 0.6 is 0 Å². The Hall–Kier alpha value is -1.92. The summed E-state index contributed by atoms with van der Waals surface area (Å²) < 4.78 is 11.9. The number of aliphatic hydroxyl groups is 1. The summed E-state index contributed by atoms with van der Waals surface area (Å²) in [6.45, 7) is 10.7. The molecule has 0 amide bonds. The van der Waals surface area contributed by atoms with E-state index < -0.39 is 22.5 Å². The number of hydrogen-bond acceptors (Lipinski definition) is 6. The second-order valence-electron chi connectivity index (χ2n) is 12.1. The van der Waals surface area contributed by atoms with Crippen LogP contribution in [0.4, 0.5) is 0 Å². The monoisotopic (exact) mass is 439 g/mol. The van der Waals surface area contributed by atoms with Crippen LogP contribution in [0.2, 0.25) is 0 Å². The standard InChI is InChI=1S/C26H33NO5/c1-22(2)16-12-18(29)25(5)15(23(16,3)9-7-17(22)28)6-10-24(4)19(14-8-11-31-13-14)20(27-30)21-26(24,25)32-21/h7-9,11,13,15-16,18-19,21,29-30H,6,10,12H2,1-5H3/b27-20+/t15-,16+,18-,19-,21-,23-,24+,25+,26-/m1/s1. The Morgan fingerprint density at radius 2 is 1.91 bits per heavy atom. The second-order valence-corrected chi connectivity index (χ2v) is 12.1. The van der Waals surface area contributed by atoms with Crippen molar-refractivity contribution in [2.75, 3.05) is 0 Å². The minimum Gasteiger partial charge on any atom is -0.472 e. The summed E-state index contributed by atoms with van der Waals surface area (Å²) in [6.07, 6.45) is 8.72. The van der Waals surface area contributed by atoms with Crippen LogP contribution in [0.5, 0.6) is 0 Å². The van der Waals surface area contributed by atoms with Gasteiger partial charge in [0.1, 0.15) is 11.7 Å². The molecule has 2 heterocycles. The molecule has 1 saturated heterocycles. The van der Waals surface area contributed by atoms with Crippen LogP contribution < -0.4 is 0 Å². The minimum absolute atomic E-state index is 0.0654. The van der Waals surface area contributed by atoms with Crippen molar-refractivity contribution in [3.05, 3.63) is 36.3 Å². The molecule has 4 aliphatic carbocycles. The molecule has 1 aromatic rings. The third-order valence-electron chi connectivity index (χ3n) is 10.9. The highest BCUT2D eigenvalue weighted by Gasteiger charge is 2.88. The van der Waals surface area contributed by atoms with Gasteiger partial charge in [0.05, 0.1) is 24.3 Å². The van der Waals surface area contributed by atoms with Gasteiger partial charge in [0.15, 0.2) is 5.78 Å². The van der Waals surface area contributed by atoms with Crippen LogP contribution in [0.3, 0.4) is 0 Å². The van der Waals surface area contributed by atoms with E-state index in [9.17, 15) is 15.1 Å². The molecule has 4 fully saturated rings. The summed E-state index contributed by atoms with van der Waals surface area (Å²) in [4.78, 5) is 12.8. The Labute approximate surface area is 188 Å². The number of epoxide rings is 1. The number of oxime groups is 1. The Morgan fingerprint density at radius 3 is 2.56 bits per heavy atom. The van der Waals surface area contributed by atoms with E-state index in [-0.39, 0.29) is 40.5 Å². The molecule has 0 radical (unpaired) electrons. The lowest BCUT2D eigenvalue weighted by Gasteiger charge is -2.67. The molecule has 172 valence electrons. The number of aliphatic hydroxyl groups excluding tert-OH is 1. The zero-order chi connectivity index (χ0) is 22.9. The van der Waals surface area contributed by atoms with Crippen LogP contribution in [-0.2, 0) is 9.53 Å². The zero-order valence-corrected chi connectivity index (χ0v) is 19.5. The molecule has 3 saturated carbocycles. The van der Waals surface area contributed by atoms with Gasteiger partial charge in [-0.3, -0.25) is 4.79 Å². The van der Waals surface area contributed by atoms with Gasteiger partial charge in [0.25, 0.3) is 0 Å². The smallest absolute Gasteiger partial charge is 0.161 e. The van der Waals surface area contributed by atoms with E-state index in [1.807, 2.05) is 19.9 Å². The molecule has 1 aliphatic heterocycles. The first-order valence-corrected chi connectivity index (χ1v) is 11.8. The molecule has 6 heteroatoms. The Kier molecular flexibility index (Phi) is 3.72. The maximum atomic E-state index is 12.8. The van der Waals surface area contributed by atoms with E-state index in [2.05, 4.69) is 32.0 Å². The number of fused-ring (bicyclic) bond motifs is 3. The predicted octanol–water partition coefficient (Wildman–Crippen LogP) is 4.32. The summed E-state index contributed by atoms with van der Waals surface area (Å²) in [6, 6.07) is 1.95. The fourth-order valence-electron chi connectivity index (χ4n) is 9.34. The SMILES string of the molecule is CC1(C)C(=O)C=C[C@]2(C)[C@H]3CC[C@@]4(C)[C@H](c5ccoc5)/C(=N\O)[C@H]5O[C@]54[C@]3(C)[C@H](O)C[C@@H]12. The van der Waals surface area contributed by atoms with Crippen molar-refractivity contribution in [2.45, 2.75) is 77.6 Å². The van der Waals surface area contributed by atoms with Crippen molar-refractivity contribution in [3.8, 4) is 0 Å². The largest absolute Gasteiger partial charge is 0.472 e. The third-order valence-corrected chi connectivity index (χ3v) is 10.9. The van der Waals surface area contributed by atoms with Crippen molar-refractivity contribution in [3.63, 3.8) is 0 Å². The molecular formula is C26H33NO5. The van der Waals surface area contributed by atoms with Gasteiger partial charge in [0, 0.05) is 22.2 Å². The molecule has 1 aromatic heterocycles. The number of furan rings is 1. The van der Waals surface area contributed by atoms with Crippen molar-refractivity contribution >= 4 is 11.5 Å². The van der Waals surface area contributed by atoms with E-state index in [1.54, 1.807) is 18.6 Å². The summed E-state index contributed by atoms with van der Waals surface area (Å²) >= 11 is 0. The van der Waals surface area contributed by atoms with Gasteiger partial charge in [-0.15, -0.1) is 0 Å². The number of hydrogen-bond donors (Lipinski definition) is 2. The van der Waals surface area contributed by atoms with Crippen molar-refractivity contribution in [2.24, 2.45) is 38.7 Å². The molecule has 0 unspecified atom stereocenters. The Morgan fingerprint density at radius 1 is 1.16 bits per heavy atom. The van der Waals surface area contributed by atoms with E-state index in [0.29, 0.717) is 12.1 Å². The molecule has 6 nitrogen and oxygen atoms in total. The molecule has 6 rings (SSSR count). The molecule has 1 spiro atoms. The van der Waals surface area contributed by atoms with Crippen molar-refractivity contribution in [1.29, 1.82) is 0 Å². The first-order valence-electron chi connectivity index (χ1n) is 11.8. The topological polar surface area (TPSA) is 95.6 Å². The second kappa shape index (κ2) is 5.76. The molecular weight excluding hydrogens is 406 g/mol. The van der Waals surface area contributed by atoms with Crippen LogP contribution in [0.25, 0.3) is 0 Å². The van der Waals surface area contributed by atoms with E-state index in [1.165, 1.54) is 0 Å². The number of ether oxygens (including phenoxy) is 1. The molecule has 9 atom stereocenters. The van der Waals surface area contributed by atoms with Crippen molar-refractivity contribution < 1.29 is 24.3 Å². The first kappa shape index (κ1) is 20.7. The highest BCUT2D eigenvalue weighted by molar-refractivity contribution is 6.02. The van der Waals surface area contributed by atoms with Crippen LogP contribution in [-0.4, -0.2) is 39.6 Å². The average molecular weight is 440 g/mol. The number of nitrogens with zero attached hydrogens (tertiary/aromatic N) is 1. The molecule has 2 N–H and O–H groups in total. The predicted molar refractivity (Wildman–Crippen MR) is 117 cm³/mol.